The lowest BCUT2D eigenvalue weighted by Gasteiger charge is -1.97. The van der Waals surface area contributed by atoms with Crippen LogP contribution in [0.15, 0.2) is 0 Å². The van der Waals surface area contributed by atoms with E-state index in [2.05, 4.69) is 9.47 Å². The molecule has 0 bridgehead atoms. The molecule has 0 amide bonds. The molecule has 0 aromatic heterocycles. The van der Waals surface area contributed by atoms with E-state index < -0.39 is 0 Å². The molecule has 0 aliphatic carbocycles. The number of rotatable bonds is 4. The van der Waals surface area contributed by atoms with E-state index in [0.717, 1.165) is 0 Å². The van der Waals surface area contributed by atoms with Crippen LogP contribution in [0.2, 0.25) is 0 Å². The predicted molar refractivity (Wildman–Crippen MR) is 35.7 cm³/mol. The average molecular weight is 162 g/mol. The summed E-state index contributed by atoms with van der Waals surface area (Å²) in [5, 5.41) is 1.51. The van der Waals surface area contributed by atoms with Gasteiger partial charge in [0.15, 0.2) is 13.1 Å². The molecule has 0 saturated carbocycles. The maximum atomic E-state index is 10.5. The quantitative estimate of drug-likeness (QED) is 0.480. The van der Waals surface area contributed by atoms with Crippen LogP contribution < -0.4 is 5.32 Å². The highest BCUT2D eigenvalue weighted by Crippen LogP contribution is 1.65. The largest absolute Gasteiger partial charge is 0.465 e. The van der Waals surface area contributed by atoms with Gasteiger partial charge in [0.25, 0.3) is 0 Å². The Kier molecular flexibility index (Phi) is 5.10. The fourth-order valence-corrected chi connectivity index (χ4v) is 0.475. The van der Waals surface area contributed by atoms with Gasteiger partial charge in [-0.2, -0.15) is 0 Å². The Balaban J connectivity index is 3.27. The summed E-state index contributed by atoms with van der Waals surface area (Å²) in [4.78, 5) is 21.0. The molecule has 0 atom stereocenters. The Bertz CT molecular complexity index is 130. The first-order chi connectivity index (χ1) is 5.20. The van der Waals surface area contributed by atoms with Gasteiger partial charge in [0.05, 0.1) is 14.2 Å². The van der Waals surface area contributed by atoms with Gasteiger partial charge >= 0.3 is 11.9 Å². The number of ether oxygens (including phenoxy) is 2. The number of quaternary nitrogens is 1. The van der Waals surface area contributed by atoms with Gasteiger partial charge in [0.2, 0.25) is 0 Å². The topological polar surface area (TPSA) is 69.2 Å². The van der Waals surface area contributed by atoms with Gasteiger partial charge in [-0.3, -0.25) is 0 Å². The van der Waals surface area contributed by atoms with Gasteiger partial charge in [-0.05, 0) is 0 Å². The van der Waals surface area contributed by atoms with E-state index in [1.54, 1.807) is 0 Å². The molecule has 64 valence electrons. The third-order valence-electron chi connectivity index (χ3n) is 1.08. The molecule has 0 aliphatic heterocycles. The lowest BCUT2D eigenvalue weighted by atomic mass is 10.6. The zero-order valence-corrected chi connectivity index (χ0v) is 6.62. The van der Waals surface area contributed by atoms with Gasteiger partial charge in [-0.15, -0.1) is 0 Å². The van der Waals surface area contributed by atoms with Crippen molar-refractivity contribution in [1.29, 1.82) is 0 Å². The van der Waals surface area contributed by atoms with E-state index in [9.17, 15) is 9.59 Å². The van der Waals surface area contributed by atoms with Gasteiger partial charge in [-0.25, -0.2) is 9.59 Å². The first kappa shape index (κ1) is 9.90. The monoisotopic (exact) mass is 162 g/mol. The van der Waals surface area contributed by atoms with Crippen molar-refractivity contribution in [3.8, 4) is 0 Å². The molecule has 0 spiro atoms. The molecule has 0 radical (unpaired) electrons. The van der Waals surface area contributed by atoms with Crippen molar-refractivity contribution in [2.45, 2.75) is 0 Å². The van der Waals surface area contributed by atoms with Crippen LogP contribution in [0.4, 0.5) is 0 Å². The molecule has 5 nitrogen and oxygen atoms in total. The summed E-state index contributed by atoms with van der Waals surface area (Å²) < 4.78 is 8.69. The van der Waals surface area contributed by atoms with Crippen molar-refractivity contribution in [3.63, 3.8) is 0 Å². The predicted octanol–water partition coefficient (Wildman–Crippen LogP) is -2.10. The Morgan fingerprint density at radius 1 is 1.09 bits per heavy atom. The second-order valence-electron chi connectivity index (χ2n) is 1.85. The van der Waals surface area contributed by atoms with Crippen molar-refractivity contribution in [2.24, 2.45) is 0 Å². The van der Waals surface area contributed by atoms with E-state index in [1.807, 2.05) is 0 Å². The Labute approximate surface area is 64.7 Å². The summed E-state index contributed by atoms with van der Waals surface area (Å²) in [6.45, 7) is 0.289. The summed E-state index contributed by atoms with van der Waals surface area (Å²) in [5.41, 5.74) is 0. The van der Waals surface area contributed by atoms with Crippen molar-refractivity contribution in [2.75, 3.05) is 27.3 Å². The third kappa shape index (κ3) is 5.35. The van der Waals surface area contributed by atoms with E-state index >= 15 is 0 Å². The highest BCUT2D eigenvalue weighted by molar-refractivity contribution is 5.71. The molecule has 0 aromatic rings. The van der Waals surface area contributed by atoms with Crippen molar-refractivity contribution >= 4 is 11.9 Å². The number of nitrogens with two attached hydrogens (primary N) is 1. The summed E-state index contributed by atoms with van der Waals surface area (Å²) >= 11 is 0. The molecular weight excluding hydrogens is 150 g/mol. The molecule has 5 heteroatoms. The van der Waals surface area contributed by atoms with Gasteiger partial charge in [0, 0.05) is 0 Å². The lowest BCUT2D eigenvalue weighted by Crippen LogP contribution is -2.87. The molecule has 2 N–H and O–H groups in total. The van der Waals surface area contributed by atoms with E-state index in [0.29, 0.717) is 0 Å². The first-order valence-corrected chi connectivity index (χ1v) is 3.16. The minimum atomic E-state index is -0.353. The van der Waals surface area contributed by atoms with E-state index in [1.165, 1.54) is 19.5 Å². The van der Waals surface area contributed by atoms with Crippen LogP contribution in [0.3, 0.4) is 0 Å². The van der Waals surface area contributed by atoms with Crippen LogP contribution in [-0.4, -0.2) is 39.2 Å². The lowest BCUT2D eigenvalue weighted by molar-refractivity contribution is -0.635. The van der Waals surface area contributed by atoms with E-state index in [-0.39, 0.29) is 25.0 Å². The zero-order valence-electron chi connectivity index (χ0n) is 6.62. The SMILES string of the molecule is COC(=O)C[NH2+]CC(=O)OC. The minimum Gasteiger partial charge on any atom is -0.465 e. The molecule has 0 aliphatic rings. The molecule has 0 unspecified atom stereocenters. The van der Waals surface area contributed by atoms with Crippen molar-refractivity contribution < 1.29 is 24.4 Å². The second-order valence-corrected chi connectivity index (χ2v) is 1.85. The minimum absolute atomic E-state index is 0.144. The number of hydrogen-bond donors (Lipinski definition) is 1. The summed E-state index contributed by atoms with van der Waals surface area (Å²) in [6.07, 6.45) is 0. The van der Waals surface area contributed by atoms with Gasteiger partial charge in [-0.1, -0.05) is 0 Å². The van der Waals surface area contributed by atoms with Crippen LogP contribution in [0.1, 0.15) is 0 Å². The highest BCUT2D eigenvalue weighted by atomic mass is 16.5. The molecule has 0 aromatic carbocycles. The van der Waals surface area contributed by atoms with Crippen LogP contribution in [-0.2, 0) is 19.1 Å². The Morgan fingerprint density at radius 2 is 1.45 bits per heavy atom. The number of hydrogen-bond acceptors (Lipinski definition) is 4. The molecule has 0 rings (SSSR count). The van der Waals surface area contributed by atoms with E-state index in [4.69, 9.17) is 0 Å². The molecular formula is C6H12NO4+. The summed E-state index contributed by atoms with van der Waals surface area (Å²) in [6, 6.07) is 0. The highest BCUT2D eigenvalue weighted by Gasteiger charge is 2.05. The second kappa shape index (κ2) is 5.67. The number of carbonyl (C=O) groups is 2. The number of carbonyl (C=O) groups excluding carboxylic acids is 2. The maximum absolute atomic E-state index is 10.5. The zero-order chi connectivity index (χ0) is 8.69. The Morgan fingerprint density at radius 3 is 1.73 bits per heavy atom. The van der Waals surface area contributed by atoms with Crippen LogP contribution >= 0.6 is 0 Å². The summed E-state index contributed by atoms with van der Waals surface area (Å²) in [5.74, 6) is -0.706. The van der Waals surface area contributed by atoms with Crippen molar-refractivity contribution in [1.82, 2.24) is 0 Å². The third-order valence-corrected chi connectivity index (χ3v) is 1.08. The number of methoxy groups -OCH3 is 2. The standard InChI is InChI=1S/C6H11NO4/c1-10-5(8)3-7-4-6(9)11-2/h7H,3-4H2,1-2H3/p+1. The van der Waals surface area contributed by atoms with Gasteiger partial charge in [0.1, 0.15) is 0 Å². The summed E-state index contributed by atoms with van der Waals surface area (Å²) in [7, 11) is 2.60. The Hall–Kier alpha value is -1.10. The van der Waals surface area contributed by atoms with Crippen LogP contribution in [0, 0.1) is 0 Å². The fourth-order valence-electron chi connectivity index (χ4n) is 0.475. The average Bonchev–Trinajstić information content (AvgIpc) is 2.04. The van der Waals surface area contributed by atoms with Crippen LogP contribution in [0.5, 0.6) is 0 Å². The normalized spacial score (nSPS) is 8.91. The van der Waals surface area contributed by atoms with Crippen LogP contribution in [0.25, 0.3) is 0 Å². The smallest absolute Gasteiger partial charge is 0.361 e. The maximum Gasteiger partial charge on any atom is 0.361 e. The number of esters is 2. The molecule has 0 saturated heterocycles. The fraction of sp³-hybridized carbons (Fsp3) is 0.667. The first-order valence-electron chi connectivity index (χ1n) is 3.16. The molecule has 11 heavy (non-hydrogen) atoms. The van der Waals surface area contributed by atoms with Crippen molar-refractivity contribution in [3.05, 3.63) is 0 Å². The molecule has 0 fully saturated rings. The molecule has 0 heterocycles. The van der Waals surface area contributed by atoms with Gasteiger partial charge < -0.3 is 14.8 Å².